The Kier molecular flexibility index (Phi) is 5.99. The number of piperidine rings is 1. The molecule has 146 valence electrons. The van der Waals surface area contributed by atoms with Gasteiger partial charge in [-0.3, -0.25) is 14.4 Å². The van der Waals surface area contributed by atoms with Crippen molar-refractivity contribution in [3.63, 3.8) is 0 Å². The van der Waals surface area contributed by atoms with E-state index in [9.17, 15) is 19.2 Å². The van der Waals surface area contributed by atoms with Crippen molar-refractivity contribution in [1.82, 2.24) is 25.5 Å². The third kappa shape index (κ3) is 4.59. The van der Waals surface area contributed by atoms with Crippen LogP contribution in [-0.4, -0.2) is 68.3 Å². The van der Waals surface area contributed by atoms with E-state index in [1.807, 2.05) is 0 Å². The van der Waals surface area contributed by atoms with Gasteiger partial charge in [-0.25, -0.2) is 9.78 Å². The third-order valence-corrected chi connectivity index (χ3v) is 5.83. The number of amides is 4. The third-order valence-electron chi connectivity index (χ3n) is 4.60. The largest absolute Gasteiger partial charge is 0.351 e. The first-order chi connectivity index (χ1) is 13.0. The molecule has 4 amide bonds. The van der Waals surface area contributed by atoms with Crippen molar-refractivity contribution in [3.8, 4) is 0 Å². The lowest BCUT2D eigenvalue weighted by molar-refractivity contribution is -0.133. The molecule has 0 aliphatic carbocycles. The number of carbonyl (C=O) groups excluding carboxylic acids is 4. The fraction of sp³-hybridized carbons (Fsp3) is 0.562. The maximum Gasteiger partial charge on any atom is 0.316 e. The predicted molar refractivity (Wildman–Crippen MR) is 97.5 cm³/mol. The average molecular weight is 394 g/mol. The van der Waals surface area contributed by atoms with Crippen molar-refractivity contribution in [2.45, 2.75) is 43.1 Å². The number of primary amides is 1. The summed E-state index contributed by atoms with van der Waals surface area (Å²) in [6.07, 6.45) is 4.80. The van der Waals surface area contributed by atoms with Crippen molar-refractivity contribution >= 4 is 35.4 Å². The lowest BCUT2D eigenvalue weighted by Gasteiger charge is -2.28. The molecular formula is C16H22N6O4S. The van der Waals surface area contributed by atoms with Crippen LogP contribution in [0.25, 0.3) is 0 Å². The molecular weight excluding hydrogens is 372 g/mol. The van der Waals surface area contributed by atoms with Gasteiger partial charge >= 0.3 is 6.03 Å². The van der Waals surface area contributed by atoms with Gasteiger partial charge in [0, 0.05) is 37.0 Å². The molecule has 2 fully saturated rings. The number of aromatic amines is 1. The van der Waals surface area contributed by atoms with Crippen LogP contribution in [0.5, 0.6) is 0 Å². The van der Waals surface area contributed by atoms with Crippen LogP contribution in [-0.2, 0) is 20.8 Å². The van der Waals surface area contributed by atoms with Gasteiger partial charge in [-0.2, -0.15) is 0 Å². The molecule has 0 aromatic carbocycles. The summed E-state index contributed by atoms with van der Waals surface area (Å²) in [6, 6.07) is -2.19. The number of nitrogens with one attached hydrogen (secondary N) is 3. The van der Waals surface area contributed by atoms with Crippen molar-refractivity contribution in [2.75, 3.05) is 12.3 Å². The van der Waals surface area contributed by atoms with E-state index >= 15 is 0 Å². The summed E-state index contributed by atoms with van der Waals surface area (Å²) in [7, 11) is 0. The zero-order valence-electron chi connectivity index (χ0n) is 14.6. The van der Waals surface area contributed by atoms with Crippen LogP contribution in [0.15, 0.2) is 12.5 Å². The second kappa shape index (κ2) is 8.42. The first-order valence-corrected chi connectivity index (χ1v) is 9.79. The zero-order chi connectivity index (χ0) is 19.4. The van der Waals surface area contributed by atoms with Crippen LogP contribution in [0.1, 0.15) is 25.0 Å². The van der Waals surface area contributed by atoms with E-state index in [2.05, 4.69) is 20.6 Å². The highest BCUT2D eigenvalue weighted by molar-refractivity contribution is 8.00. The summed E-state index contributed by atoms with van der Waals surface area (Å²) in [5, 5.41) is 4.64. The number of H-pyrrole nitrogens is 1. The summed E-state index contributed by atoms with van der Waals surface area (Å²) < 4.78 is 0. The van der Waals surface area contributed by atoms with E-state index < -0.39 is 29.4 Å². The highest BCUT2D eigenvalue weighted by atomic mass is 32.2. The summed E-state index contributed by atoms with van der Waals surface area (Å²) in [5.74, 6) is -0.289. The average Bonchev–Trinajstić information content (AvgIpc) is 3.32. The smallest absolute Gasteiger partial charge is 0.316 e. The van der Waals surface area contributed by atoms with E-state index in [4.69, 9.17) is 5.73 Å². The normalized spacial score (nSPS) is 23.6. The number of nitrogens with two attached hydrogens (primary N) is 1. The van der Waals surface area contributed by atoms with Gasteiger partial charge < -0.3 is 26.3 Å². The molecule has 2 aliphatic heterocycles. The van der Waals surface area contributed by atoms with Crippen LogP contribution in [0.4, 0.5) is 4.79 Å². The summed E-state index contributed by atoms with van der Waals surface area (Å²) in [4.78, 5) is 57.0. The summed E-state index contributed by atoms with van der Waals surface area (Å²) in [5.41, 5.74) is 6.04. The molecule has 5 N–H and O–H groups in total. The molecule has 3 atom stereocenters. The Bertz CT molecular complexity index is 725. The zero-order valence-corrected chi connectivity index (χ0v) is 15.5. The van der Waals surface area contributed by atoms with Gasteiger partial charge in [0.2, 0.25) is 11.8 Å². The summed E-state index contributed by atoms with van der Waals surface area (Å²) >= 11 is 1.32. The van der Waals surface area contributed by atoms with Gasteiger partial charge in [-0.1, -0.05) is 0 Å². The number of rotatable bonds is 6. The topological polar surface area (TPSA) is 150 Å². The number of imidazole rings is 1. The molecule has 11 heteroatoms. The lowest BCUT2D eigenvalue weighted by Crippen LogP contribution is -2.56. The maximum atomic E-state index is 13.1. The quantitative estimate of drug-likeness (QED) is 0.492. The highest BCUT2D eigenvalue weighted by Crippen LogP contribution is 2.26. The fourth-order valence-corrected chi connectivity index (χ4v) is 4.46. The van der Waals surface area contributed by atoms with Gasteiger partial charge in [0.1, 0.15) is 11.4 Å². The molecule has 0 spiro atoms. The molecule has 0 saturated carbocycles. The Labute approximate surface area is 160 Å². The van der Waals surface area contributed by atoms with Crippen LogP contribution in [0, 0.1) is 0 Å². The van der Waals surface area contributed by atoms with Crippen molar-refractivity contribution in [2.24, 2.45) is 5.73 Å². The SMILES string of the molecule is NC(=O)N1CCSC1C(=O)[C@@H](Cc1cnc[nH]1)NC(=O)C1CCCC(=O)N1. The maximum absolute atomic E-state index is 13.1. The lowest BCUT2D eigenvalue weighted by atomic mass is 10.0. The Morgan fingerprint density at radius 2 is 2.26 bits per heavy atom. The number of hydrogen-bond acceptors (Lipinski definition) is 6. The van der Waals surface area contributed by atoms with E-state index in [-0.39, 0.29) is 18.1 Å². The second-order valence-electron chi connectivity index (χ2n) is 6.51. The molecule has 0 bridgehead atoms. The van der Waals surface area contributed by atoms with Crippen LogP contribution >= 0.6 is 11.8 Å². The number of nitrogens with zero attached hydrogens (tertiary/aromatic N) is 2. The van der Waals surface area contributed by atoms with Crippen LogP contribution in [0.3, 0.4) is 0 Å². The Morgan fingerprint density at radius 3 is 2.93 bits per heavy atom. The first-order valence-electron chi connectivity index (χ1n) is 8.74. The second-order valence-corrected chi connectivity index (χ2v) is 7.70. The fourth-order valence-electron chi connectivity index (χ4n) is 3.22. The van der Waals surface area contributed by atoms with Gasteiger partial charge in [-0.15, -0.1) is 11.8 Å². The standard InChI is InChI=1S/C16H22N6O4S/c17-16(26)22-4-5-27-15(22)13(24)11(6-9-7-18-8-19-9)21-14(25)10-2-1-3-12(23)20-10/h7-8,10-11,15H,1-6H2,(H2,17,26)(H,18,19)(H,20,23)(H,21,25)/t10?,11-,15?/m1/s1. The van der Waals surface area contributed by atoms with E-state index in [1.54, 1.807) is 6.20 Å². The Hall–Kier alpha value is -2.56. The molecule has 3 heterocycles. The van der Waals surface area contributed by atoms with Crippen molar-refractivity contribution in [3.05, 3.63) is 18.2 Å². The molecule has 2 saturated heterocycles. The van der Waals surface area contributed by atoms with Gasteiger partial charge in [-0.05, 0) is 12.8 Å². The Balaban J connectivity index is 1.74. The molecule has 0 radical (unpaired) electrons. The number of hydrogen-bond donors (Lipinski definition) is 4. The molecule has 27 heavy (non-hydrogen) atoms. The van der Waals surface area contributed by atoms with Crippen LogP contribution < -0.4 is 16.4 Å². The molecule has 10 nitrogen and oxygen atoms in total. The minimum Gasteiger partial charge on any atom is -0.351 e. The molecule has 3 rings (SSSR count). The first kappa shape index (κ1) is 19.2. The van der Waals surface area contributed by atoms with E-state index in [0.717, 1.165) is 0 Å². The number of thioether (sulfide) groups is 1. The number of carbonyl (C=O) groups is 4. The van der Waals surface area contributed by atoms with Crippen LogP contribution in [0.2, 0.25) is 0 Å². The number of Topliss-reactive ketones (excluding diaryl/α,β-unsaturated/α-hetero) is 1. The summed E-state index contributed by atoms with van der Waals surface area (Å²) in [6.45, 7) is 0.389. The highest BCUT2D eigenvalue weighted by Gasteiger charge is 2.39. The Morgan fingerprint density at radius 1 is 1.44 bits per heavy atom. The number of urea groups is 1. The van der Waals surface area contributed by atoms with E-state index in [0.29, 0.717) is 37.3 Å². The van der Waals surface area contributed by atoms with Crippen molar-refractivity contribution < 1.29 is 19.2 Å². The number of ketones is 1. The molecule has 1 aromatic heterocycles. The van der Waals surface area contributed by atoms with Gasteiger partial charge in [0.05, 0.1) is 12.4 Å². The monoisotopic (exact) mass is 394 g/mol. The minimum atomic E-state index is -0.866. The molecule has 1 aromatic rings. The van der Waals surface area contributed by atoms with Gasteiger partial charge in [0.15, 0.2) is 5.78 Å². The minimum absolute atomic E-state index is 0.177. The van der Waals surface area contributed by atoms with Gasteiger partial charge in [0.25, 0.3) is 0 Å². The predicted octanol–water partition coefficient (Wildman–Crippen LogP) is -0.872. The van der Waals surface area contributed by atoms with E-state index in [1.165, 1.54) is 23.0 Å². The number of aromatic nitrogens is 2. The van der Waals surface area contributed by atoms with Crippen molar-refractivity contribution in [1.29, 1.82) is 0 Å². The molecule has 2 aliphatic rings. The molecule has 2 unspecified atom stereocenters.